The quantitative estimate of drug-likeness (QED) is 0.828. The summed E-state index contributed by atoms with van der Waals surface area (Å²) in [6, 6.07) is 8.12. The van der Waals surface area contributed by atoms with E-state index in [1.54, 1.807) is 19.0 Å². The van der Waals surface area contributed by atoms with Crippen molar-refractivity contribution >= 4 is 11.9 Å². The van der Waals surface area contributed by atoms with Gasteiger partial charge in [-0.2, -0.15) is 0 Å². The lowest BCUT2D eigenvalue weighted by atomic mass is 9.94. The number of amides is 3. The number of nitrogens with zero attached hydrogens (tertiary/aromatic N) is 3. The SMILES string of the molecule is CCc1ccccc1OC1CN(C(=O)C2CCN(C(=O)N(C)C)CC2)C1. The van der Waals surface area contributed by atoms with E-state index in [4.69, 9.17) is 4.74 Å². The summed E-state index contributed by atoms with van der Waals surface area (Å²) in [6.07, 6.45) is 2.52. The molecule has 1 aromatic rings. The first kappa shape index (κ1) is 18.5. The van der Waals surface area contributed by atoms with E-state index in [-0.39, 0.29) is 24.0 Å². The van der Waals surface area contributed by atoms with Gasteiger partial charge in [0, 0.05) is 33.1 Å². The van der Waals surface area contributed by atoms with Crippen molar-refractivity contribution in [2.24, 2.45) is 5.92 Å². The number of para-hydroxylation sites is 1. The van der Waals surface area contributed by atoms with Crippen LogP contribution in [0.3, 0.4) is 0 Å². The Bertz CT molecular complexity index is 647. The predicted octanol–water partition coefficient (Wildman–Crippen LogP) is 2.23. The van der Waals surface area contributed by atoms with Gasteiger partial charge in [-0.25, -0.2) is 4.79 Å². The molecule has 0 radical (unpaired) electrons. The van der Waals surface area contributed by atoms with Crippen LogP contribution >= 0.6 is 0 Å². The molecule has 0 atom stereocenters. The van der Waals surface area contributed by atoms with Gasteiger partial charge in [0.25, 0.3) is 0 Å². The molecule has 3 rings (SSSR count). The number of benzene rings is 1. The summed E-state index contributed by atoms with van der Waals surface area (Å²) >= 11 is 0. The number of carbonyl (C=O) groups excluding carboxylic acids is 2. The number of likely N-dealkylation sites (tertiary alicyclic amines) is 2. The maximum atomic E-state index is 12.7. The van der Waals surface area contributed by atoms with Gasteiger partial charge >= 0.3 is 6.03 Å². The first-order valence-electron chi connectivity index (χ1n) is 9.49. The van der Waals surface area contributed by atoms with Gasteiger partial charge in [-0.05, 0) is 30.9 Å². The zero-order valence-corrected chi connectivity index (χ0v) is 16.0. The van der Waals surface area contributed by atoms with Gasteiger partial charge in [-0.1, -0.05) is 25.1 Å². The van der Waals surface area contributed by atoms with Crippen LogP contribution in [0.25, 0.3) is 0 Å². The summed E-state index contributed by atoms with van der Waals surface area (Å²) in [5, 5.41) is 0. The lowest BCUT2D eigenvalue weighted by Gasteiger charge is -2.42. The highest BCUT2D eigenvalue weighted by Gasteiger charge is 2.37. The molecule has 2 aliphatic rings. The topological polar surface area (TPSA) is 53.1 Å². The van der Waals surface area contributed by atoms with Crippen molar-refractivity contribution in [3.8, 4) is 5.75 Å². The Morgan fingerprint density at radius 2 is 1.77 bits per heavy atom. The second-order valence-electron chi connectivity index (χ2n) is 7.38. The number of urea groups is 1. The monoisotopic (exact) mass is 359 g/mol. The smallest absolute Gasteiger partial charge is 0.319 e. The summed E-state index contributed by atoms with van der Waals surface area (Å²) < 4.78 is 6.06. The molecule has 6 heteroatoms. The van der Waals surface area contributed by atoms with E-state index in [0.717, 1.165) is 25.0 Å². The molecule has 6 nitrogen and oxygen atoms in total. The van der Waals surface area contributed by atoms with Crippen molar-refractivity contribution in [1.82, 2.24) is 14.7 Å². The van der Waals surface area contributed by atoms with Crippen LogP contribution in [0.4, 0.5) is 4.79 Å². The van der Waals surface area contributed by atoms with Gasteiger partial charge in [0.2, 0.25) is 5.91 Å². The molecule has 0 spiro atoms. The number of rotatable bonds is 4. The fraction of sp³-hybridized carbons (Fsp3) is 0.600. The van der Waals surface area contributed by atoms with Crippen molar-refractivity contribution in [3.63, 3.8) is 0 Å². The number of hydrogen-bond donors (Lipinski definition) is 0. The maximum absolute atomic E-state index is 12.7. The Morgan fingerprint density at radius 3 is 2.38 bits per heavy atom. The summed E-state index contributed by atoms with van der Waals surface area (Å²) in [6.45, 7) is 4.75. The van der Waals surface area contributed by atoms with Crippen molar-refractivity contribution in [2.75, 3.05) is 40.3 Å². The second kappa shape index (κ2) is 7.98. The first-order chi connectivity index (χ1) is 12.5. The molecule has 0 bridgehead atoms. The van der Waals surface area contributed by atoms with E-state index in [9.17, 15) is 9.59 Å². The second-order valence-corrected chi connectivity index (χ2v) is 7.38. The summed E-state index contributed by atoms with van der Waals surface area (Å²) in [4.78, 5) is 30.0. The highest BCUT2D eigenvalue weighted by atomic mass is 16.5. The summed E-state index contributed by atoms with van der Waals surface area (Å²) in [5.41, 5.74) is 1.20. The maximum Gasteiger partial charge on any atom is 0.319 e. The Balaban J connectivity index is 1.45. The average molecular weight is 359 g/mol. The highest BCUT2D eigenvalue weighted by Crippen LogP contribution is 2.26. The molecule has 26 heavy (non-hydrogen) atoms. The third kappa shape index (κ3) is 3.94. The Kier molecular flexibility index (Phi) is 5.69. The van der Waals surface area contributed by atoms with Gasteiger partial charge in [0.05, 0.1) is 13.1 Å². The van der Waals surface area contributed by atoms with Crippen molar-refractivity contribution < 1.29 is 14.3 Å². The molecule has 2 aliphatic heterocycles. The van der Waals surface area contributed by atoms with Crippen molar-refractivity contribution in [2.45, 2.75) is 32.3 Å². The van der Waals surface area contributed by atoms with Gasteiger partial charge < -0.3 is 19.4 Å². The number of piperidine rings is 1. The van der Waals surface area contributed by atoms with Crippen LogP contribution in [0.1, 0.15) is 25.3 Å². The Labute approximate surface area is 155 Å². The number of carbonyl (C=O) groups is 2. The largest absolute Gasteiger partial charge is 0.486 e. The van der Waals surface area contributed by atoms with Crippen molar-refractivity contribution in [3.05, 3.63) is 29.8 Å². The summed E-state index contributed by atoms with van der Waals surface area (Å²) in [7, 11) is 3.52. The van der Waals surface area contributed by atoms with Crippen LogP contribution in [-0.2, 0) is 11.2 Å². The number of hydrogen-bond acceptors (Lipinski definition) is 3. The molecule has 0 saturated carbocycles. The molecule has 142 valence electrons. The molecule has 2 saturated heterocycles. The standard InChI is InChI=1S/C20H29N3O3/c1-4-15-7-5-6-8-18(15)26-17-13-23(14-17)19(24)16-9-11-22(12-10-16)20(25)21(2)3/h5-8,16-17H,4,9-14H2,1-3H3. The number of aryl methyl sites for hydroxylation is 1. The van der Waals surface area contributed by atoms with E-state index >= 15 is 0 Å². The van der Waals surface area contributed by atoms with E-state index in [1.165, 1.54) is 5.56 Å². The normalized spacial score (nSPS) is 18.4. The van der Waals surface area contributed by atoms with Crippen LogP contribution in [0.15, 0.2) is 24.3 Å². The summed E-state index contributed by atoms with van der Waals surface area (Å²) in [5.74, 6) is 1.18. The van der Waals surface area contributed by atoms with Crippen LogP contribution < -0.4 is 4.74 Å². The minimum absolute atomic E-state index is 0.0305. The minimum Gasteiger partial charge on any atom is -0.486 e. The molecule has 1 aromatic carbocycles. The third-order valence-corrected chi connectivity index (χ3v) is 5.30. The lowest BCUT2D eigenvalue weighted by Crippen LogP contribution is -2.58. The molecule has 0 unspecified atom stereocenters. The van der Waals surface area contributed by atoms with Crippen LogP contribution in [0.2, 0.25) is 0 Å². The molecule has 2 fully saturated rings. The van der Waals surface area contributed by atoms with Gasteiger partial charge in [-0.3, -0.25) is 4.79 Å². The molecule has 0 aromatic heterocycles. The zero-order valence-electron chi connectivity index (χ0n) is 16.0. The van der Waals surface area contributed by atoms with Gasteiger partial charge in [-0.15, -0.1) is 0 Å². The van der Waals surface area contributed by atoms with Crippen LogP contribution in [0.5, 0.6) is 5.75 Å². The van der Waals surface area contributed by atoms with Gasteiger partial charge in [0.15, 0.2) is 0 Å². The van der Waals surface area contributed by atoms with Crippen LogP contribution in [-0.4, -0.2) is 73.0 Å². The molecular weight excluding hydrogens is 330 g/mol. The molecule has 0 aliphatic carbocycles. The molecule has 0 N–H and O–H groups in total. The zero-order chi connectivity index (χ0) is 18.7. The minimum atomic E-state index is 0.0305. The van der Waals surface area contributed by atoms with E-state index in [2.05, 4.69) is 13.0 Å². The predicted molar refractivity (Wildman–Crippen MR) is 100 cm³/mol. The average Bonchev–Trinajstić information content (AvgIpc) is 2.63. The Hall–Kier alpha value is -2.24. The fourth-order valence-corrected chi connectivity index (χ4v) is 3.64. The van der Waals surface area contributed by atoms with E-state index in [1.807, 2.05) is 28.0 Å². The van der Waals surface area contributed by atoms with Crippen molar-refractivity contribution in [1.29, 1.82) is 0 Å². The molecule has 2 heterocycles. The van der Waals surface area contributed by atoms with E-state index in [0.29, 0.717) is 26.2 Å². The van der Waals surface area contributed by atoms with E-state index < -0.39 is 0 Å². The first-order valence-corrected chi connectivity index (χ1v) is 9.49. The van der Waals surface area contributed by atoms with Crippen LogP contribution in [0, 0.1) is 5.92 Å². The molecule has 3 amide bonds. The fourth-order valence-electron chi connectivity index (χ4n) is 3.64. The lowest BCUT2D eigenvalue weighted by molar-refractivity contribution is -0.145. The molecular formula is C20H29N3O3. The van der Waals surface area contributed by atoms with Gasteiger partial charge in [0.1, 0.15) is 11.9 Å². The highest BCUT2D eigenvalue weighted by molar-refractivity contribution is 5.80. The number of ether oxygens (including phenoxy) is 1. The third-order valence-electron chi connectivity index (χ3n) is 5.30. The Morgan fingerprint density at radius 1 is 1.12 bits per heavy atom.